The van der Waals surface area contributed by atoms with Gasteiger partial charge in [-0.05, 0) is 86.0 Å². The van der Waals surface area contributed by atoms with Crippen LogP contribution in [0.1, 0.15) is 50.7 Å². The van der Waals surface area contributed by atoms with Crippen LogP contribution in [0.5, 0.6) is 0 Å². The molecule has 8 nitrogen and oxygen atoms in total. The van der Waals surface area contributed by atoms with Crippen molar-refractivity contribution in [3.8, 4) is 0 Å². The maximum absolute atomic E-state index is 13.3. The van der Waals surface area contributed by atoms with E-state index in [1.807, 2.05) is 18.2 Å². The van der Waals surface area contributed by atoms with Gasteiger partial charge in [0.2, 0.25) is 5.91 Å². The van der Waals surface area contributed by atoms with Gasteiger partial charge >= 0.3 is 0 Å². The van der Waals surface area contributed by atoms with Crippen LogP contribution in [0.2, 0.25) is 0 Å². The van der Waals surface area contributed by atoms with E-state index >= 15 is 0 Å². The molecule has 5 fully saturated rings. The van der Waals surface area contributed by atoms with Gasteiger partial charge in [-0.25, -0.2) is 0 Å². The van der Waals surface area contributed by atoms with Crippen molar-refractivity contribution >= 4 is 23.0 Å². The third-order valence-electron chi connectivity index (χ3n) is 8.90. The summed E-state index contributed by atoms with van der Waals surface area (Å²) in [6.45, 7) is 3.27. The highest BCUT2D eigenvalue weighted by Crippen LogP contribution is 2.61. The summed E-state index contributed by atoms with van der Waals surface area (Å²) < 4.78 is 5.34. The number of nitro groups is 1. The highest BCUT2D eigenvalue weighted by molar-refractivity contribution is 5.77. The zero-order valence-electron chi connectivity index (χ0n) is 20.2. The van der Waals surface area contributed by atoms with Gasteiger partial charge in [0.25, 0.3) is 5.69 Å². The minimum absolute atomic E-state index is 0.0460. The van der Waals surface area contributed by atoms with Gasteiger partial charge in [0.15, 0.2) is 0 Å². The first kappa shape index (κ1) is 22.4. The Morgan fingerprint density at radius 3 is 2.34 bits per heavy atom. The molecule has 4 aliphatic carbocycles. The summed E-state index contributed by atoms with van der Waals surface area (Å²) in [5.74, 6) is 3.64. The zero-order chi connectivity index (χ0) is 24.0. The molecule has 2 aromatic rings. The molecule has 8 heteroatoms. The standard InChI is InChI=1S/C27H34N4O4/c32-26(17-27-14-19-10-20(15-27)12-21(11-19)16-27)30-7-5-29(6-8-30)22-3-4-25(31(33)34)24(13-22)28-18-23-2-1-9-35-23/h1-4,9,13,19-21,28H,5-8,10-12,14-18H2. The van der Waals surface area contributed by atoms with Gasteiger partial charge in [-0.15, -0.1) is 0 Å². The Kier molecular flexibility index (Phi) is 5.69. The van der Waals surface area contributed by atoms with Crippen molar-refractivity contribution in [1.29, 1.82) is 0 Å². The fourth-order valence-corrected chi connectivity index (χ4v) is 7.77. The highest BCUT2D eigenvalue weighted by Gasteiger charge is 2.51. The fourth-order valence-electron chi connectivity index (χ4n) is 7.77. The molecule has 4 saturated carbocycles. The molecule has 35 heavy (non-hydrogen) atoms. The molecule has 0 atom stereocenters. The Morgan fingerprint density at radius 1 is 1.06 bits per heavy atom. The number of amides is 1. The summed E-state index contributed by atoms with van der Waals surface area (Å²) in [5.41, 5.74) is 1.73. The van der Waals surface area contributed by atoms with Crippen LogP contribution in [-0.2, 0) is 11.3 Å². The number of hydrogen-bond donors (Lipinski definition) is 1. The molecule has 1 aromatic heterocycles. The third kappa shape index (κ3) is 4.50. The lowest BCUT2D eigenvalue weighted by atomic mass is 9.49. The predicted molar refractivity (Wildman–Crippen MR) is 133 cm³/mol. The number of benzene rings is 1. The Balaban J connectivity index is 1.08. The van der Waals surface area contributed by atoms with Crippen LogP contribution in [0.3, 0.4) is 0 Å². The number of carbonyl (C=O) groups is 1. The molecule has 1 N–H and O–H groups in total. The number of nitro benzene ring substituents is 1. The number of anilines is 2. The molecular formula is C27H34N4O4. The van der Waals surface area contributed by atoms with E-state index in [9.17, 15) is 14.9 Å². The fraction of sp³-hybridized carbons (Fsp3) is 0.593. The lowest BCUT2D eigenvalue weighted by Crippen LogP contribution is -2.52. The maximum Gasteiger partial charge on any atom is 0.292 e. The van der Waals surface area contributed by atoms with Crippen LogP contribution in [-0.4, -0.2) is 41.9 Å². The van der Waals surface area contributed by atoms with E-state index in [1.165, 1.54) is 38.5 Å². The van der Waals surface area contributed by atoms with Crippen LogP contribution in [0, 0.1) is 33.3 Å². The molecule has 0 spiro atoms. The van der Waals surface area contributed by atoms with Crippen molar-refractivity contribution < 1.29 is 14.1 Å². The molecule has 5 aliphatic rings. The van der Waals surface area contributed by atoms with E-state index in [2.05, 4.69) is 15.1 Å². The van der Waals surface area contributed by atoms with E-state index in [4.69, 9.17) is 4.42 Å². The number of hydrogen-bond acceptors (Lipinski definition) is 6. The molecule has 0 unspecified atom stereocenters. The van der Waals surface area contributed by atoms with Crippen molar-refractivity contribution in [3.63, 3.8) is 0 Å². The van der Waals surface area contributed by atoms with Gasteiger partial charge in [-0.3, -0.25) is 14.9 Å². The van der Waals surface area contributed by atoms with Crippen LogP contribution in [0.15, 0.2) is 41.0 Å². The monoisotopic (exact) mass is 478 g/mol. The molecule has 1 aromatic carbocycles. The Hall–Kier alpha value is -3.03. The number of carbonyl (C=O) groups excluding carboxylic acids is 1. The van der Waals surface area contributed by atoms with E-state index in [1.54, 1.807) is 18.4 Å². The van der Waals surface area contributed by atoms with Crippen LogP contribution in [0.25, 0.3) is 0 Å². The lowest BCUT2D eigenvalue weighted by Gasteiger charge is -2.57. The summed E-state index contributed by atoms with van der Waals surface area (Å²) in [5, 5.41) is 14.7. The van der Waals surface area contributed by atoms with Crippen LogP contribution in [0.4, 0.5) is 17.1 Å². The largest absolute Gasteiger partial charge is 0.467 e. The Morgan fingerprint density at radius 2 is 1.74 bits per heavy atom. The van der Waals surface area contributed by atoms with Crippen LogP contribution >= 0.6 is 0 Å². The molecular weight excluding hydrogens is 444 g/mol. The molecule has 1 aliphatic heterocycles. The minimum atomic E-state index is -0.366. The van der Waals surface area contributed by atoms with E-state index in [0.29, 0.717) is 31.2 Å². The second-order valence-corrected chi connectivity index (χ2v) is 11.4. The van der Waals surface area contributed by atoms with E-state index in [0.717, 1.165) is 48.7 Å². The smallest absolute Gasteiger partial charge is 0.292 e. The first-order chi connectivity index (χ1) is 17.0. The summed E-state index contributed by atoms with van der Waals surface area (Å²) in [4.78, 5) is 28.8. The number of rotatable bonds is 7. The summed E-state index contributed by atoms with van der Waals surface area (Å²) in [6.07, 6.45) is 10.3. The summed E-state index contributed by atoms with van der Waals surface area (Å²) in [6, 6.07) is 8.84. The van der Waals surface area contributed by atoms with Gasteiger partial charge in [0.05, 0.1) is 17.7 Å². The molecule has 0 radical (unpaired) electrons. The second kappa shape index (κ2) is 8.88. The van der Waals surface area contributed by atoms with Crippen molar-refractivity contribution in [3.05, 3.63) is 52.5 Å². The number of piperazine rings is 1. The van der Waals surface area contributed by atoms with Gasteiger partial charge in [0.1, 0.15) is 11.4 Å². The molecule has 186 valence electrons. The number of furan rings is 1. The van der Waals surface area contributed by atoms with Crippen molar-refractivity contribution in [1.82, 2.24) is 4.90 Å². The van der Waals surface area contributed by atoms with E-state index in [-0.39, 0.29) is 16.0 Å². The normalized spacial score (nSPS) is 29.4. The van der Waals surface area contributed by atoms with E-state index < -0.39 is 0 Å². The number of nitrogens with zero attached hydrogens (tertiary/aromatic N) is 3. The summed E-state index contributed by atoms with van der Waals surface area (Å²) in [7, 11) is 0. The van der Waals surface area contributed by atoms with Crippen molar-refractivity contribution in [2.24, 2.45) is 23.2 Å². The quantitative estimate of drug-likeness (QED) is 0.442. The van der Waals surface area contributed by atoms with Gasteiger partial charge in [0, 0.05) is 44.4 Å². The Bertz CT molecular complexity index is 1060. The highest BCUT2D eigenvalue weighted by atomic mass is 16.6. The molecule has 2 heterocycles. The number of nitrogens with one attached hydrogen (secondary N) is 1. The van der Waals surface area contributed by atoms with Gasteiger partial charge < -0.3 is 19.5 Å². The average molecular weight is 479 g/mol. The maximum atomic E-state index is 13.3. The second-order valence-electron chi connectivity index (χ2n) is 11.4. The average Bonchev–Trinajstić information content (AvgIpc) is 3.35. The first-order valence-electron chi connectivity index (χ1n) is 13.0. The third-order valence-corrected chi connectivity index (χ3v) is 8.90. The molecule has 4 bridgehead atoms. The Labute approximate surface area is 205 Å². The SMILES string of the molecule is O=C(CC12CC3CC(CC(C3)C1)C2)N1CCN(c2ccc([N+](=O)[O-])c(NCc3ccco3)c2)CC1. The molecule has 1 amide bonds. The predicted octanol–water partition coefficient (Wildman–Crippen LogP) is 5.06. The summed E-state index contributed by atoms with van der Waals surface area (Å²) >= 11 is 0. The van der Waals surface area contributed by atoms with Crippen LogP contribution < -0.4 is 10.2 Å². The molecule has 1 saturated heterocycles. The zero-order valence-corrected chi connectivity index (χ0v) is 20.2. The lowest BCUT2D eigenvalue weighted by molar-refractivity contribution is -0.384. The minimum Gasteiger partial charge on any atom is -0.467 e. The van der Waals surface area contributed by atoms with Gasteiger partial charge in [-0.2, -0.15) is 0 Å². The van der Waals surface area contributed by atoms with Gasteiger partial charge in [-0.1, -0.05) is 0 Å². The topological polar surface area (TPSA) is 91.9 Å². The van der Waals surface area contributed by atoms with Crippen molar-refractivity contribution in [2.45, 2.75) is 51.5 Å². The molecule has 7 rings (SSSR count). The first-order valence-corrected chi connectivity index (χ1v) is 13.0. The van der Waals surface area contributed by atoms with Crippen molar-refractivity contribution in [2.75, 3.05) is 36.4 Å².